The summed E-state index contributed by atoms with van der Waals surface area (Å²) in [7, 11) is 0. The molecule has 0 aromatic rings. The number of ether oxygens (including phenoxy) is 3. The maximum Gasteiger partial charge on any atom is 0.306 e. The van der Waals surface area contributed by atoms with Crippen LogP contribution in [0.2, 0.25) is 0 Å². The quantitative estimate of drug-likeness (QED) is 0.0359. The van der Waals surface area contributed by atoms with E-state index in [-0.39, 0.29) is 31.1 Å². The number of carbonyl (C=O) groups is 3. The summed E-state index contributed by atoms with van der Waals surface area (Å²) in [6.07, 6.45) is 36.9. The molecule has 1 atom stereocenters. The van der Waals surface area contributed by atoms with Crippen molar-refractivity contribution in [2.24, 2.45) is 5.92 Å². The van der Waals surface area contributed by atoms with Gasteiger partial charge in [-0.1, -0.05) is 201 Å². The molecular weight excluding hydrogens is 624 g/mol. The first-order valence-electron chi connectivity index (χ1n) is 21.9. The van der Waals surface area contributed by atoms with Crippen molar-refractivity contribution < 1.29 is 28.6 Å². The summed E-state index contributed by atoms with van der Waals surface area (Å²) in [5, 5.41) is 0. The van der Waals surface area contributed by atoms with Gasteiger partial charge in [0.1, 0.15) is 13.2 Å². The van der Waals surface area contributed by atoms with E-state index in [4.69, 9.17) is 14.2 Å². The minimum absolute atomic E-state index is 0.0651. The van der Waals surface area contributed by atoms with Gasteiger partial charge in [-0.15, -0.1) is 0 Å². The second-order valence-corrected chi connectivity index (χ2v) is 15.5. The molecule has 0 fully saturated rings. The third kappa shape index (κ3) is 37.7. The van der Waals surface area contributed by atoms with E-state index in [0.717, 1.165) is 70.1 Å². The number of carbonyl (C=O) groups excluding carboxylic acids is 3. The predicted molar refractivity (Wildman–Crippen MR) is 210 cm³/mol. The maximum absolute atomic E-state index is 12.6. The molecule has 0 heterocycles. The number of hydrogen-bond donors (Lipinski definition) is 0. The topological polar surface area (TPSA) is 78.9 Å². The number of rotatable bonds is 39. The van der Waals surface area contributed by atoms with Crippen molar-refractivity contribution in [2.75, 3.05) is 13.2 Å². The van der Waals surface area contributed by atoms with Gasteiger partial charge in [-0.3, -0.25) is 14.4 Å². The minimum Gasteiger partial charge on any atom is -0.462 e. The van der Waals surface area contributed by atoms with Crippen molar-refractivity contribution >= 4 is 17.9 Å². The van der Waals surface area contributed by atoms with Crippen LogP contribution >= 0.6 is 0 Å². The molecule has 0 saturated carbocycles. The number of esters is 3. The molecule has 0 aromatic heterocycles. The van der Waals surface area contributed by atoms with Gasteiger partial charge in [-0.05, 0) is 25.2 Å². The molecule has 0 aromatic carbocycles. The molecular formula is C44H84O6. The summed E-state index contributed by atoms with van der Waals surface area (Å²) >= 11 is 0. The van der Waals surface area contributed by atoms with Crippen LogP contribution in [0.15, 0.2) is 0 Å². The molecule has 0 aliphatic carbocycles. The van der Waals surface area contributed by atoms with Crippen molar-refractivity contribution in [1.29, 1.82) is 0 Å². The molecule has 0 radical (unpaired) electrons. The van der Waals surface area contributed by atoms with Crippen LogP contribution in [0.4, 0.5) is 0 Å². The first kappa shape index (κ1) is 48.4. The number of unbranched alkanes of at least 4 members (excludes halogenated alkanes) is 26. The lowest BCUT2D eigenvalue weighted by Crippen LogP contribution is -2.30. The van der Waals surface area contributed by atoms with Crippen molar-refractivity contribution in [3.8, 4) is 0 Å². The molecule has 0 unspecified atom stereocenters. The summed E-state index contributed by atoms with van der Waals surface area (Å²) in [4.78, 5) is 37.3. The van der Waals surface area contributed by atoms with Crippen LogP contribution in [-0.2, 0) is 28.6 Å². The van der Waals surface area contributed by atoms with Crippen LogP contribution in [0.1, 0.15) is 240 Å². The van der Waals surface area contributed by atoms with E-state index in [1.165, 1.54) is 128 Å². The highest BCUT2D eigenvalue weighted by molar-refractivity contribution is 5.71. The van der Waals surface area contributed by atoms with E-state index >= 15 is 0 Å². The zero-order chi connectivity index (χ0) is 36.8. The summed E-state index contributed by atoms with van der Waals surface area (Å²) in [6.45, 7) is 8.91. The average Bonchev–Trinajstić information content (AvgIpc) is 3.09. The molecule has 0 rings (SSSR count). The Labute approximate surface area is 310 Å². The molecule has 296 valence electrons. The Kier molecular flexibility index (Phi) is 37.4. The Morgan fingerprint density at radius 2 is 0.660 bits per heavy atom. The van der Waals surface area contributed by atoms with Gasteiger partial charge in [-0.25, -0.2) is 0 Å². The van der Waals surface area contributed by atoms with Crippen LogP contribution in [0.3, 0.4) is 0 Å². The molecule has 0 bridgehead atoms. The Balaban J connectivity index is 4.16. The predicted octanol–water partition coefficient (Wildman–Crippen LogP) is 13.6. The summed E-state index contributed by atoms with van der Waals surface area (Å²) < 4.78 is 16.6. The van der Waals surface area contributed by atoms with Gasteiger partial charge in [0.25, 0.3) is 0 Å². The third-order valence-corrected chi connectivity index (χ3v) is 9.79. The second-order valence-electron chi connectivity index (χ2n) is 15.5. The van der Waals surface area contributed by atoms with Gasteiger partial charge in [0.2, 0.25) is 0 Å². The molecule has 0 spiro atoms. The normalized spacial score (nSPS) is 11.9. The van der Waals surface area contributed by atoms with Gasteiger partial charge < -0.3 is 14.2 Å². The fraction of sp³-hybridized carbons (Fsp3) is 0.932. The average molecular weight is 709 g/mol. The molecule has 0 N–H and O–H groups in total. The molecule has 0 saturated heterocycles. The molecule has 50 heavy (non-hydrogen) atoms. The summed E-state index contributed by atoms with van der Waals surface area (Å²) in [5.74, 6) is -0.0282. The van der Waals surface area contributed by atoms with Crippen molar-refractivity contribution in [3.05, 3.63) is 0 Å². The van der Waals surface area contributed by atoms with Gasteiger partial charge in [-0.2, -0.15) is 0 Å². The lowest BCUT2D eigenvalue weighted by molar-refractivity contribution is -0.167. The number of hydrogen-bond acceptors (Lipinski definition) is 6. The van der Waals surface area contributed by atoms with Gasteiger partial charge in [0.05, 0.1) is 0 Å². The SMILES string of the molecule is CCCCCCCCCCCCC(=O)OC[C@H](COC(=O)CCCCCCC)OC(=O)CCCCCCCCCCCCCCCCC(C)C. The van der Waals surface area contributed by atoms with E-state index in [2.05, 4.69) is 27.7 Å². The van der Waals surface area contributed by atoms with E-state index in [0.29, 0.717) is 19.3 Å². The maximum atomic E-state index is 12.6. The van der Waals surface area contributed by atoms with E-state index in [1.807, 2.05) is 0 Å². The van der Waals surface area contributed by atoms with E-state index < -0.39 is 6.10 Å². The Morgan fingerprint density at radius 1 is 0.380 bits per heavy atom. The largest absolute Gasteiger partial charge is 0.462 e. The molecule has 6 nitrogen and oxygen atoms in total. The van der Waals surface area contributed by atoms with Crippen LogP contribution in [-0.4, -0.2) is 37.2 Å². The molecule has 6 heteroatoms. The highest BCUT2D eigenvalue weighted by Gasteiger charge is 2.19. The lowest BCUT2D eigenvalue weighted by Gasteiger charge is -2.18. The zero-order valence-corrected chi connectivity index (χ0v) is 33.9. The first-order valence-corrected chi connectivity index (χ1v) is 21.9. The van der Waals surface area contributed by atoms with Crippen LogP contribution in [0.5, 0.6) is 0 Å². The Hall–Kier alpha value is -1.59. The molecule has 0 aliphatic rings. The Bertz CT molecular complexity index is 751. The van der Waals surface area contributed by atoms with E-state index in [1.54, 1.807) is 0 Å². The lowest BCUT2D eigenvalue weighted by atomic mass is 10.0. The summed E-state index contributed by atoms with van der Waals surface area (Å²) in [5.41, 5.74) is 0. The fourth-order valence-electron chi connectivity index (χ4n) is 6.45. The minimum atomic E-state index is -0.756. The second kappa shape index (κ2) is 38.6. The first-order chi connectivity index (χ1) is 24.4. The highest BCUT2D eigenvalue weighted by Crippen LogP contribution is 2.16. The van der Waals surface area contributed by atoms with Crippen LogP contribution in [0, 0.1) is 5.92 Å². The Morgan fingerprint density at radius 3 is 0.980 bits per heavy atom. The van der Waals surface area contributed by atoms with Crippen molar-refractivity contribution in [2.45, 2.75) is 246 Å². The van der Waals surface area contributed by atoms with Crippen molar-refractivity contribution in [3.63, 3.8) is 0 Å². The van der Waals surface area contributed by atoms with Gasteiger partial charge in [0.15, 0.2) is 6.10 Å². The van der Waals surface area contributed by atoms with E-state index in [9.17, 15) is 14.4 Å². The zero-order valence-electron chi connectivity index (χ0n) is 33.9. The standard InChI is InChI=1S/C44H84O6/c1-5-7-9-11-12-13-21-24-28-32-36-43(46)49-39-41(38-48-42(45)35-31-26-10-8-6-2)50-44(47)37-33-29-25-22-19-17-15-14-16-18-20-23-27-30-34-40(3)4/h40-41H,5-39H2,1-4H3/t41-/m0/s1. The smallest absolute Gasteiger partial charge is 0.306 e. The molecule has 0 amide bonds. The van der Waals surface area contributed by atoms with Gasteiger partial charge >= 0.3 is 17.9 Å². The summed E-state index contributed by atoms with van der Waals surface area (Å²) in [6, 6.07) is 0. The van der Waals surface area contributed by atoms with Crippen molar-refractivity contribution in [1.82, 2.24) is 0 Å². The monoisotopic (exact) mass is 709 g/mol. The van der Waals surface area contributed by atoms with Crippen LogP contribution in [0.25, 0.3) is 0 Å². The third-order valence-electron chi connectivity index (χ3n) is 9.79. The molecule has 0 aliphatic heterocycles. The van der Waals surface area contributed by atoms with Crippen LogP contribution < -0.4 is 0 Å². The van der Waals surface area contributed by atoms with Gasteiger partial charge in [0, 0.05) is 19.3 Å². The highest BCUT2D eigenvalue weighted by atomic mass is 16.6. The fourth-order valence-corrected chi connectivity index (χ4v) is 6.45.